The number of nitrogens with one attached hydrogen (secondary N) is 1. The van der Waals surface area contributed by atoms with E-state index in [9.17, 15) is 9.59 Å². The lowest BCUT2D eigenvalue weighted by molar-refractivity contribution is -0.152. The highest BCUT2D eigenvalue weighted by Crippen LogP contribution is 2.13. The largest absolute Gasteiger partial charge is 0.468 e. The van der Waals surface area contributed by atoms with Gasteiger partial charge in [-0.2, -0.15) is 0 Å². The summed E-state index contributed by atoms with van der Waals surface area (Å²) in [5, 5.41) is 2.67. The normalized spacial score (nSPS) is 11.3. The maximum Gasteiger partial charge on any atom is 0.325 e. The van der Waals surface area contributed by atoms with Gasteiger partial charge in [0.2, 0.25) is 5.91 Å². The summed E-state index contributed by atoms with van der Waals surface area (Å²) in [5.74, 6) is -0.453. The molecule has 5 nitrogen and oxygen atoms in total. The summed E-state index contributed by atoms with van der Waals surface area (Å²) in [6.45, 7) is 6.06. The quantitative estimate of drug-likeness (QED) is 0.657. The van der Waals surface area contributed by atoms with Crippen molar-refractivity contribution in [3.8, 4) is 0 Å². The van der Waals surface area contributed by atoms with Crippen molar-refractivity contribution in [2.24, 2.45) is 0 Å². The Balaban J connectivity index is 4.36. The second-order valence-corrected chi connectivity index (χ2v) is 3.86. The van der Waals surface area contributed by atoms with Crippen LogP contribution in [0.3, 0.4) is 0 Å². The van der Waals surface area contributed by atoms with Crippen molar-refractivity contribution in [1.82, 2.24) is 10.2 Å². The van der Waals surface area contributed by atoms with Gasteiger partial charge < -0.3 is 10.1 Å². The van der Waals surface area contributed by atoms with Gasteiger partial charge in [-0.15, -0.1) is 0 Å². The second-order valence-electron chi connectivity index (χ2n) is 3.86. The number of hydrogen-bond donors (Lipinski definition) is 1. The summed E-state index contributed by atoms with van der Waals surface area (Å²) in [4.78, 5) is 24.4. The third-order valence-corrected chi connectivity index (χ3v) is 2.39. The Morgan fingerprint density at radius 1 is 1.40 bits per heavy atom. The lowest BCUT2D eigenvalue weighted by Gasteiger charge is -2.32. The lowest BCUT2D eigenvalue weighted by atomic mass is 10.0. The Kier molecular flexibility index (Phi) is 5.28. The molecule has 0 aromatic carbocycles. The average molecular weight is 216 g/mol. The van der Waals surface area contributed by atoms with E-state index in [1.165, 1.54) is 7.11 Å². The fourth-order valence-corrected chi connectivity index (χ4v) is 1.07. The Labute approximate surface area is 90.8 Å². The van der Waals surface area contributed by atoms with E-state index in [1.807, 2.05) is 6.92 Å². The molecule has 15 heavy (non-hydrogen) atoms. The van der Waals surface area contributed by atoms with Gasteiger partial charge in [-0.05, 0) is 27.8 Å². The van der Waals surface area contributed by atoms with E-state index in [0.29, 0.717) is 6.54 Å². The number of ether oxygens (including phenoxy) is 1. The smallest absolute Gasteiger partial charge is 0.325 e. The number of esters is 1. The predicted molar refractivity (Wildman–Crippen MR) is 57.4 cm³/mol. The molecule has 0 saturated carbocycles. The monoisotopic (exact) mass is 216 g/mol. The molecule has 0 bridgehead atoms. The molecule has 0 atom stereocenters. The zero-order valence-electron chi connectivity index (χ0n) is 10.1. The first-order valence-electron chi connectivity index (χ1n) is 4.92. The number of carbonyl (C=O) groups excluding carboxylic acids is 2. The summed E-state index contributed by atoms with van der Waals surface area (Å²) in [6.07, 6.45) is 0. The minimum absolute atomic E-state index is 0.100. The van der Waals surface area contributed by atoms with E-state index in [0.717, 1.165) is 0 Å². The summed E-state index contributed by atoms with van der Waals surface area (Å²) >= 11 is 0. The zero-order valence-corrected chi connectivity index (χ0v) is 10.1. The van der Waals surface area contributed by atoms with Crippen molar-refractivity contribution in [3.05, 3.63) is 0 Å². The number of carbonyl (C=O) groups is 2. The molecule has 0 aromatic heterocycles. The highest BCUT2D eigenvalue weighted by molar-refractivity contribution is 5.82. The molecule has 88 valence electrons. The minimum Gasteiger partial charge on any atom is -0.468 e. The van der Waals surface area contributed by atoms with Crippen molar-refractivity contribution < 1.29 is 14.3 Å². The highest BCUT2D eigenvalue weighted by atomic mass is 16.5. The molecule has 5 heteroatoms. The third kappa shape index (κ3) is 3.87. The fraction of sp³-hybridized carbons (Fsp3) is 0.800. The van der Waals surface area contributed by atoms with Crippen LogP contribution in [0.5, 0.6) is 0 Å². The molecule has 0 radical (unpaired) electrons. The zero-order chi connectivity index (χ0) is 12.1. The Morgan fingerprint density at radius 2 is 1.93 bits per heavy atom. The maximum atomic E-state index is 11.4. The SMILES string of the molecule is CCNC(=O)CN(C)C(C)(C)C(=O)OC. The van der Waals surface area contributed by atoms with E-state index in [-0.39, 0.29) is 18.4 Å². The van der Waals surface area contributed by atoms with Crippen molar-refractivity contribution >= 4 is 11.9 Å². The van der Waals surface area contributed by atoms with Crippen LogP contribution in [0, 0.1) is 0 Å². The van der Waals surface area contributed by atoms with Gasteiger partial charge in [-0.1, -0.05) is 0 Å². The van der Waals surface area contributed by atoms with Crippen LogP contribution < -0.4 is 5.32 Å². The summed E-state index contributed by atoms with van der Waals surface area (Å²) in [7, 11) is 3.05. The molecule has 0 spiro atoms. The van der Waals surface area contributed by atoms with E-state index < -0.39 is 5.54 Å². The number of nitrogens with zero attached hydrogens (tertiary/aromatic N) is 1. The number of methoxy groups -OCH3 is 1. The van der Waals surface area contributed by atoms with Crippen LogP contribution in [0.15, 0.2) is 0 Å². The van der Waals surface area contributed by atoms with Crippen LogP contribution in [0.2, 0.25) is 0 Å². The number of likely N-dealkylation sites (N-methyl/N-ethyl adjacent to an activating group) is 2. The van der Waals surface area contributed by atoms with Crippen LogP contribution in [0.4, 0.5) is 0 Å². The van der Waals surface area contributed by atoms with Gasteiger partial charge in [0.1, 0.15) is 5.54 Å². The molecule has 0 heterocycles. The first-order chi connectivity index (χ1) is 6.86. The molecule has 0 aliphatic carbocycles. The molecule has 0 rings (SSSR count). The van der Waals surface area contributed by atoms with Crippen molar-refractivity contribution in [2.75, 3.05) is 27.2 Å². The molecule has 0 saturated heterocycles. The highest BCUT2D eigenvalue weighted by Gasteiger charge is 2.34. The summed E-state index contributed by atoms with van der Waals surface area (Å²) < 4.78 is 4.67. The molecule has 0 aromatic rings. The molecule has 1 N–H and O–H groups in total. The number of amides is 1. The van der Waals surface area contributed by atoms with E-state index in [4.69, 9.17) is 0 Å². The summed E-state index contributed by atoms with van der Waals surface area (Å²) in [6, 6.07) is 0. The average Bonchev–Trinajstić information content (AvgIpc) is 2.16. The first-order valence-corrected chi connectivity index (χ1v) is 4.92. The van der Waals surface area contributed by atoms with Crippen LogP contribution >= 0.6 is 0 Å². The minimum atomic E-state index is -0.792. The topological polar surface area (TPSA) is 58.6 Å². The van der Waals surface area contributed by atoms with Gasteiger partial charge in [0.15, 0.2) is 0 Å². The third-order valence-electron chi connectivity index (χ3n) is 2.39. The van der Waals surface area contributed by atoms with Gasteiger partial charge in [0.05, 0.1) is 13.7 Å². The number of rotatable bonds is 5. The maximum absolute atomic E-state index is 11.4. The van der Waals surface area contributed by atoms with Gasteiger partial charge in [0, 0.05) is 6.54 Å². The van der Waals surface area contributed by atoms with Gasteiger partial charge in [-0.25, -0.2) is 0 Å². The van der Waals surface area contributed by atoms with Crippen LogP contribution in [-0.4, -0.2) is 49.6 Å². The Morgan fingerprint density at radius 3 is 2.33 bits per heavy atom. The van der Waals surface area contributed by atoms with E-state index >= 15 is 0 Å². The molecular weight excluding hydrogens is 196 g/mol. The first kappa shape index (κ1) is 13.9. The Hall–Kier alpha value is -1.10. The fourth-order valence-electron chi connectivity index (χ4n) is 1.07. The van der Waals surface area contributed by atoms with E-state index in [2.05, 4.69) is 10.1 Å². The molecule has 0 fully saturated rings. The lowest BCUT2D eigenvalue weighted by Crippen LogP contribution is -2.51. The molecule has 0 aliphatic heterocycles. The Bertz CT molecular complexity index is 239. The van der Waals surface area contributed by atoms with Gasteiger partial charge >= 0.3 is 5.97 Å². The number of hydrogen-bond acceptors (Lipinski definition) is 4. The van der Waals surface area contributed by atoms with Crippen molar-refractivity contribution in [1.29, 1.82) is 0 Å². The predicted octanol–water partition coefficient (Wildman–Crippen LogP) is 0.00590. The van der Waals surface area contributed by atoms with E-state index in [1.54, 1.807) is 25.8 Å². The van der Waals surface area contributed by atoms with Crippen molar-refractivity contribution in [2.45, 2.75) is 26.3 Å². The molecule has 1 amide bonds. The van der Waals surface area contributed by atoms with Crippen LogP contribution in [0.1, 0.15) is 20.8 Å². The molecule has 0 aliphatic rings. The molecular formula is C10H20N2O3. The van der Waals surface area contributed by atoms with Gasteiger partial charge in [0.25, 0.3) is 0 Å². The van der Waals surface area contributed by atoms with Crippen LogP contribution in [-0.2, 0) is 14.3 Å². The molecule has 0 unspecified atom stereocenters. The van der Waals surface area contributed by atoms with Crippen molar-refractivity contribution in [3.63, 3.8) is 0 Å². The van der Waals surface area contributed by atoms with Gasteiger partial charge in [-0.3, -0.25) is 14.5 Å². The second kappa shape index (κ2) is 5.70. The standard InChI is InChI=1S/C10H20N2O3/c1-6-11-8(13)7-12(4)10(2,3)9(14)15-5/h6-7H2,1-5H3,(H,11,13). The summed E-state index contributed by atoms with van der Waals surface area (Å²) in [5.41, 5.74) is -0.792. The van der Waals surface area contributed by atoms with Crippen LogP contribution in [0.25, 0.3) is 0 Å².